The van der Waals surface area contributed by atoms with E-state index in [9.17, 15) is 8.42 Å². The van der Waals surface area contributed by atoms with Crippen molar-refractivity contribution >= 4 is 22.0 Å². The van der Waals surface area contributed by atoms with Gasteiger partial charge in [0.25, 0.3) is 10.0 Å². The zero-order valence-corrected chi connectivity index (χ0v) is 10.9. The Bertz CT molecular complexity index is 724. The van der Waals surface area contributed by atoms with Gasteiger partial charge in [0.05, 0.1) is 5.69 Å². The lowest BCUT2D eigenvalue weighted by molar-refractivity contribution is 0.597. The number of hydrogen-bond donors (Lipinski definition) is 0. The Morgan fingerprint density at radius 1 is 0.947 bits per heavy atom. The number of fused-ring (bicyclic) bond motifs is 1. The van der Waals surface area contributed by atoms with Crippen LogP contribution in [0.3, 0.4) is 0 Å². The normalized spacial score (nSPS) is 16.1. The summed E-state index contributed by atoms with van der Waals surface area (Å²) in [6.45, 7) is 0.594. The highest BCUT2D eigenvalue weighted by Gasteiger charge is 2.24. The van der Waals surface area contributed by atoms with E-state index in [1.54, 1.807) is 18.2 Å². The van der Waals surface area contributed by atoms with Crippen molar-refractivity contribution in [1.82, 2.24) is 0 Å². The van der Waals surface area contributed by atoms with Crippen molar-refractivity contribution in [2.75, 3.05) is 4.90 Å². The second-order valence-electron chi connectivity index (χ2n) is 4.28. The van der Waals surface area contributed by atoms with Crippen LogP contribution in [0.1, 0.15) is 5.56 Å². The molecule has 4 nitrogen and oxygen atoms in total. The van der Waals surface area contributed by atoms with E-state index < -0.39 is 10.0 Å². The molecular formula is C14H12N2O2S. The average Bonchev–Trinajstić information content (AvgIpc) is 2.44. The highest BCUT2D eigenvalue weighted by molar-refractivity contribution is 7.90. The zero-order valence-electron chi connectivity index (χ0n) is 10.1. The Labute approximate surface area is 112 Å². The molecule has 5 heteroatoms. The minimum Gasteiger partial charge on any atom is -0.326 e. The maximum absolute atomic E-state index is 11.8. The van der Waals surface area contributed by atoms with Crippen LogP contribution in [-0.2, 0) is 16.6 Å². The summed E-state index contributed by atoms with van der Waals surface area (Å²) in [5.74, 6) is 0. The molecule has 0 aromatic heterocycles. The van der Waals surface area contributed by atoms with Crippen molar-refractivity contribution in [2.45, 2.75) is 11.4 Å². The van der Waals surface area contributed by atoms with E-state index in [0.29, 0.717) is 12.2 Å². The van der Waals surface area contributed by atoms with Crippen molar-refractivity contribution in [1.29, 1.82) is 0 Å². The average molecular weight is 272 g/mol. The number of anilines is 1. The minimum atomic E-state index is -3.54. The van der Waals surface area contributed by atoms with E-state index in [4.69, 9.17) is 0 Å². The first-order valence-electron chi connectivity index (χ1n) is 5.87. The molecule has 0 N–H and O–H groups in total. The molecule has 0 unspecified atom stereocenters. The smallest absolute Gasteiger partial charge is 0.285 e. The molecule has 2 aromatic rings. The molecule has 0 saturated heterocycles. The van der Waals surface area contributed by atoms with E-state index in [1.807, 2.05) is 41.3 Å². The molecule has 19 heavy (non-hydrogen) atoms. The highest BCUT2D eigenvalue weighted by Crippen LogP contribution is 2.30. The van der Waals surface area contributed by atoms with Crippen LogP contribution in [0.4, 0.5) is 5.69 Å². The predicted octanol–water partition coefficient (Wildman–Crippen LogP) is 2.42. The second kappa shape index (κ2) is 4.51. The van der Waals surface area contributed by atoms with Crippen LogP contribution >= 0.6 is 0 Å². The fraction of sp³-hybridized carbons (Fsp3) is 0.0714. The molecule has 0 atom stereocenters. The third-order valence-electron chi connectivity index (χ3n) is 2.97. The van der Waals surface area contributed by atoms with E-state index in [0.717, 1.165) is 5.56 Å². The number of rotatable bonds is 2. The van der Waals surface area contributed by atoms with Gasteiger partial charge in [-0.05, 0) is 17.7 Å². The molecule has 3 rings (SSSR count). The van der Waals surface area contributed by atoms with Crippen LogP contribution in [-0.4, -0.2) is 14.8 Å². The fourth-order valence-electron chi connectivity index (χ4n) is 2.06. The van der Waals surface area contributed by atoms with Gasteiger partial charge in [-0.1, -0.05) is 42.5 Å². The van der Waals surface area contributed by atoms with Crippen LogP contribution in [0.5, 0.6) is 0 Å². The van der Waals surface area contributed by atoms with Crippen LogP contribution in [0.2, 0.25) is 0 Å². The zero-order chi connectivity index (χ0) is 13.3. The first kappa shape index (κ1) is 11.9. The summed E-state index contributed by atoms with van der Waals surface area (Å²) in [6.07, 6.45) is 1.38. The molecule has 1 aliphatic heterocycles. The van der Waals surface area contributed by atoms with Gasteiger partial charge in [0.15, 0.2) is 0 Å². The summed E-state index contributed by atoms with van der Waals surface area (Å²) in [5, 5.41) is 0. The maximum Gasteiger partial charge on any atom is 0.285 e. The quantitative estimate of drug-likeness (QED) is 0.843. The monoisotopic (exact) mass is 272 g/mol. The molecule has 0 radical (unpaired) electrons. The molecule has 1 aliphatic rings. The van der Waals surface area contributed by atoms with Crippen LogP contribution in [0.15, 0.2) is 63.9 Å². The molecule has 0 spiro atoms. The summed E-state index contributed by atoms with van der Waals surface area (Å²) < 4.78 is 27.3. The minimum absolute atomic E-state index is 0.258. The molecular weight excluding hydrogens is 260 g/mol. The SMILES string of the molecule is O=S1(=O)N=CN(Cc2ccccc2)c2ccccc21. The van der Waals surface area contributed by atoms with Gasteiger partial charge in [-0.2, -0.15) is 8.42 Å². The van der Waals surface area contributed by atoms with Crippen LogP contribution in [0.25, 0.3) is 0 Å². The Hall–Kier alpha value is -2.14. The summed E-state index contributed by atoms with van der Waals surface area (Å²) in [6, 6.07) is 16.8. The molecule has 0 saturated carbocycles. The summed E-state index contributed by atoms with van der Waals surface area (Å²) in [4.78, 5) is 2.10. The largest absolute Gasteiger partial charge is 0.326 e. The van der Waals surface area contributed by atoms with Crippen LogP contribution in [0, 0.1) is 0 Å². The molecule has 2 aromatic carbocycles. The highest BCUT2D eigenvalue weighted by atomic mass is 32.2. The Morgan fingerprint density at radius 3 is 2.42 bits per heavy atom. The first-order chi connectivity index (χ1) is 9.17. The number of sulfonamides is 1. The van der Waals surface area contributed by atoms with E-state index in [2.05, 4.69) is 4.40 Å². The van der Waals surface area contributed by atoms with Crippen molar-refractivity contribution < 1.29 is 8.42 Å². The fourth-order valence-corrected chi connectivity index (χ4v) is 3.11. The molecule has 0 amide bonds. The lowest BCUT2D eigenvalue weighted by Crippen LogP contribution is -2.26. The predicted molar refractivity (Wildman–Crippen MR) is 74.7 cm³/mol. The van der Waals surface area contributed by atoms with Crippen molar-refractivity contribution in [2.24, 2.45) is 4.40 Å². The summed E-state index contributed by atoms with van der Waals surface area (Å²) in [5.41, 5.74) is 1.77. The summed E-state index contributed by atoms with van der Waals surface area (Å²) in [7, 11) is -3.54. The number of hydrogen-bond acceptors (Lipinski definition) is 3. The van der Waals surface area contributed by atoms with Gasteiger partial charge in [-0.15, -0.1) is 4.40 Å². The van der Waals surface area contributed by atoms with Crippen molar-refractivity contribution in [3.8, 4) is 0 Å². The van der Waals surface area contributed by atoms with E-state index in [1.165, 1.54) is 6.34 Å². The lowest BCUT2D eigenvalue weighted by atomic mass is 10.2. The lowest BCUT2D eigenvalue weighted by Gasteiger charge is -2.24. The number of nitrogens with zero attached hydrogens (tertiary/aromatic N) is 2. The van der Waals surface area contributed by atoms with Gasteiger partial charge in [0.2, 0.25) is 0 Å². The molecule has 0 fully saturated rings. The van der Waals surface area contributed by atoms with Gasteiger partial charge >= 0.3 is 0 Å². The first-order valence-corrected chi connectivity index (χ1v) is 7.31. The maximum atomic E-state index is 11.8. The molecule has 96 valence electrons. The van der Waals surface area contributed by atoms with Crippen LogP contribution < -0.4 is 4.90 Å². The van der Waals surface area contributed by atoms with Gasteiger partial charge in [0.1, 0.15) is 11.2 Å². The third kappa shape index (κ3) is 2.24. The number of para-hydroxylation sites is 1. The van der Waals surface area contributed by atoms with Gasteiger partial charge in [-0.3, -0.25) is 0 Å². The molecule has 0 bridgehead atoms. The van der Waals surface area contributed by atoms with Crippen molar-refractivity contribution in [3.05, 3.63) is 60.2 Å². The topological polar surface area (TPSA) is 49.7 Å². The van der Waals surface area contributed by atoms with E-state index in [-0.39, 0.29) is 4.90 Å². The van der Waals surface area contributed by atoms with Gasteiger partial charge in [0, 0.05) is 6.54 Å². The third-order valence-corrected chi connectivity index (χ3v) is 4.25. The molecule has 1 heterocycles. The summed E-state index contributed by atoms with van der Waals surface area (Å²) >= 11 is 0. The second-order valence-corrected chi connectivity index (χ2v) is 5.88. The van der Waals surface area contributed by atoms with Gasteiger partial charge < -0.3 is 4.90 Å². The van der Waals surface area contributed by atoms with E-state index >= 15 is 0 Å². The number of benzene rings is 2. The standard InChI is InChI=1S/C14H12N2O2S/c17-19(18)14-9-5-4-8-13(14)16(11-15-19)10-12-6-2-1-3-7-12/h1-9,11H,10H2. The Morgan fingerprint density at radius 2 is 1.63 bits per heavy atom. The molecule has 0 aliphatic carbocycles. The Kier molecular flexibility index (Phi) is 2.83. The van der Waals surface area contributed by atoms with Crippen molar-refractivity contribution in [3.63, 3.8) is 0 Å². The Balaban J connectivity index is 2.01. The van der Waals surface area contributed by atoms with Gasteiger partial charge in [-0.25, -0.2) is 0 Å².